The van der Waals surface area contributed by atoms with Gasteiger partial charge in [0.05, 0.1) is 12.6 Å². The molecule has 1 aromatic rings. The fraction of sp³-hybridized carbons (Fsp3) is 0.529. The smallest absolute Gasteiger partial charge is 0.163 e. The first-order valence-corrected chi connectivity index (χ1v) is 8.37. The largest absolute Gasteiger partial charge is 0.379 e. The van der Waals surface area contributed by atoms with Gasteiger partial charge in [-0.25, -0.2) is 0 Å². The number of benzene rings is 1. The predicted molar refractivity (Wildman–Crippen MR) is 86.4 cm³/mol. The average molecular weight is 350 g/mol. The molecule has 1 N–H and O–H groups in total. The molecule has 0 amide bonds. The van der Waals surface area contributed by atoms with Crippen LogP contribution in [-0.2, 0) is 9.47 Å². The highest BCUT2D eigenvalue weighted by Crippen LogP contribution is 2.47. The van der Waals surface area contributed by atoms with E-state index in [0.717, 1.165) is 10.9 Å². The van der Waals surface area contributed by atoms with Crippen molar-refractivity contribution in [2.75, 3.05) is 11.9 Å². The van der Waals surface area contributed by atoms with E-state index in [9.17, 15) is 0 Å². The Morgan fingerprint density at radius 3 is 2.95 bits per heavy atom. The lowest BCUT2D eigenvalue weighted by atomic mass is 9.77. The second-order valence-electron chi connectivity index (χ2n) is 6.62. The van der Waals surface area contributed by atoms with Gasteiger partial charge in [-0.1, -0.05) is 28.1 Å². The summed E-state index contributed by atoms with van der Waals surface area (Å²) >= 11 is 3.59. The van der Waals surface area contributed by atoms with Gasteiger partial charge in [0.25, 0.3) is 0 Å². The maximum absolute atomic E-state index is 6.11. The van der Waals surface area contributed by atoms with Crippen molar-refractivity contribution in [1.82, 2.24) is 0 Å². The normalized spacial score (nSPS) is 36.1. The molecular formula is C17H20BrNO2. The quantitative estimate of drug-likeness (QED) is 0.775. The van der Waals surface area contributed by atoms with Gasteiger partial charge in [0, 0.05) is 16.1 Å². The van der Waals surface area contributed by atoms with Crippen LogP contribution in [0.1, 0.15) is 31.7 Å². The minimum Gasteiger partial charge on any atom is -0.379 e. The number of ether oxygens (including phenoxy) is 2. The van der Waals surface area contributed by atoms with Crippen LogP contribution in [0.4, 0.5) is 5.69 Å². The summed E-state index contributed by atoms with van der Waals surface area (Å²) in [6.07, 6.45) is 5.88. The van der Waals surface area contributed by atoms with Crippen molar-refractivity contribution in [3.8, 4) is 0 Å². The maximum atomic E-state index is 6.11. The summed E-state index contributed by atoms with van der Waals surface area (Å²) in [5.41, 5.74) is 2.61. The monoisotopic (exact) mass is 349 g/mol. The van der Waals surface area contributed by atoms with Gasteiger partial charge in [0.15, 0.2) is 5.79 Å². The Morgan fingerprint density at radius 1 is 1.33 bits per heavy atom. The lowest BCUT2D eigenvalue weighted by Crippen LogP contribution is -2.46. The molecule has 0 aromatic heterocycles. The molecule has 3 aliphatic rings. The standard InChI is InChI=1S/C17H20BrNO2/c1-17(2)20-9-15(21-17)16-12-5-3-4-11(12)13-8-10(18)6-7-14(13)19-16/h3-4,6-8,11-12,15-16,19H,5,9H2,1-2H3/t11-,12+,15+,16-/m0/s1. The van der Waals surface area contributed by atoms with Gasteiger partial charge in [-0.15, -0.1) is 0 Å². The van der Waals surface area contributed by atoms with Crippen LogP contribution in [0.3, 0.4) is 0 Å². The molecule has 0 spiro atoms. The lowest BCUT2D eigenvalue weighted by molar-refractivity contribution is -0.141. The highest BCUT2D eigenvalue weighted by molar-refractivity contribution is 9.10. The highest BCUT2D eigenvalue weighted by Gasteiger charge is 2.45. The first kappa shape index (κ1) is 13.8. The SMILES string of the molecule is CC1(C)OC[C@H]([C@H]2Nc3ccc(Br)cc3[C@H]3C=CC[C@@H]23)O1. The molecule has 4 rings (SSSR count). The van der Waals surface area contributed by atoms with E-state index in [2.05, 4.69) is 51.6 Å². The summed E-state index contributed by atoms with van der Waals surface area (Å²) in [6, 6.07) is 6.80. The number of fused-ring (bicyclic) bond motifs is 3. The van der Waals surface area contributed by atoms with Gasteiger partial charge in [-0.2, -0.15) is 0 Å². The van der Waals surface area contributed by atoms with Crippen LogP contribution < -0.4 is 5.32 Å². The Balaban J connectivity index is 1.68. The summed E-state index contributed by atoms with van der Waals surface area (Å²) in [7, 11) is 0. The molecule has 4 atom stereocenters. The average Bonchev–Trinajstić information content (AvgIpc) is 3.04. The van der Waals surface area contributed by atoms with E-state index in [0.29, 0.717) is 24.5 Å². The third kappa shape index (κ3) is 2.33. The van der Waals surface area contributed by atoms with Crippen molar-refractivity contribution in [1.29, 1.82) is 0 Å². The molecule has 0 unspecified atom stereocenters. The molecule has 0 radical (unpaired) electrons. The van der Waals surface area contributed by atoms with E-state index in [-0.39, 0.29) is 6.10 Å². The van der Waals surface area contributed by atoms with E-state index in [1.54, 1.807) is 0 Å². The Labute approximate surface area is 133 Å². The van der Waals surface area contributed by atoms with Gasteiger partial charge < -0.3 is 14.8 Å². The van der Waals surface area contributed by atoms with Crippen molar-refractivity contribution in [2.24, 2.45) is 5.92 Å². The van der Waals surface area contributed by atoms with E-state index in [1.165, 1.54) is 11.3 Å². The maximum Gasteiger partial charge on any atom is 0.163 e. The summed E-state index contributed by atoms with van der Waals surface area (Å²) < 4.78 is 13.0. The molecule has 1 saturated heterocycles. The molecule has 1 aromatic carbocycles. The fourth-order valence-corrected chi connectivity index (χ4v) is 4.24. The summed E-state index contributed by atoms with van der Waals surface area (Å²) in [4.78, 5) is 0. The van der Waals surface area contributed by atoms with Crippen LogP contribution in [0, 0.1) is 5.92 Å². The van der Waals surface area contributed by atoms with Gasteiger partial charge in [-0.3, -0.25) is 0 Å². The molecule has 4 heteroatoms. The summed E-state index contributed by atoms with van der Waals surface area (Å²) in [6.45, 7) is 4.65. The molecule has 2 heterocycles. The fourth-order valence-electron chi connectivity index (χ4n) is 3.86. The molecule has 3 nitrogen and oxygen atoms in total. The second-order valence-corrected chi connectivity index (χ2v) is 7.54. The van der Waals surface area contributed by atoms with Crippen molar-refractivity contribution in [3.63, 3.8) is 0 Å². The van der Waals surface area contributed by atoms with Crippen LogP contribution in [0.5, 0.6) is 0 Å². The third-order valence-corrected chi connectivity index (χ3v) is 5.29. The molecular weight excluding hydrogens is 330 g/mol. The number of anilines is 1. The van der Waals surface area contributed by atoms with E-state index in [4.69, 9.17) is 9.47 Å². The van der Waals surface area contributed by atoms with Crippen LogP contribution >= 0.6 is 15.9 Å². The summed E-state index contributed by atoms with van der Waals surface area (Å²) in [5.74, 6) is 0.568. The minimum absolute atomic E-state index is 0.115. The number of hydrogen-bond acceptors (Lipinski definition) is 3. The first-order valence-electron chi connectivity index (χ1n) is 7.58. The molecule has 21 heavy (non-hydrogen) atoms. The van der Waals surface area contributed by atoms with Crippen molar-refractivity contribution >= 4 is 21.6 Å². The Bertz CT molecular complexity index is 598. The zero-order valence-electron chi connectivity index (χ0n) is 12.3. The number of rotatable bonds is 1. The Kier molecular flexibility index (Phi) is 3.18. The predicted octanol–water partition coefficient (Wildman–Crippen LogP) is 4.05. The number of allylic oxidation sites excluding steroid dienone is 2. The molecule has 0 bridgehead atoms. The topological polar surface area (TPSA) is 30.5 Å². The first-order chi connectivity index (χ1) is 10.0. The molecule has 112 valence electrons. The van der Waals surface area contributed by atoms with Gasteiger partial charge in [-0.05, 0) is 49.9 Å². The third-order valence-electron chi connectivity index (χ3n) is 4.80. The van der Waals surface area contributed by atoms with E-state index in [1.807, 2.05) is 13.8 Å². The Morgan fingerprint density at radius 2 is 2.19 bits per heavy atom. The minimum atomic E-state index is -0.464. The van der Waals surface area contributed by atoms with Crippen LogP contribution in [0.2, 0.25) is 0 Å². The van der Waals surface area contributed by atoms with E-state index >= 15 is 0 Å². The van der Waals surface area contributed by atoms with Gasteiger partial charge in [0.2, 0.25) is 0 Å². The summed E-state index contributed by atoms with van der Waals surface area (Å²) in [5, 5.41) is 3.71. The van der Waals surface area contributed by atoms with Gasteiger partial charge >= 0.3 is 0 Å². The highest BCUT2D eigenvalue weighted by atomic mass is 79.9. The second kappa shape index (κ2) is 4.83. The number of hydrogen-bond donors (Lipinski definition) is 1. The van der Waals surface area contributed by atoms with E-state index < -0.39 is 5.79 Å². The number of halogens is 1. The molecule has 2 aliphatic heterocycles. The molecule has 1 aliphatic carbocycles. The van der Waals surface area contributed by atoms with Crippen LogP contribution in [0.15, 0.2) is 34.8 Å². The zero-order valence-corrected chi connectivity index (χ0v) is 13.9. The van der Waals surface area contributed by atoms with Crippen molar-refractivity contribution in [3.05, 3.63) is 40.4 Å². The van der Waals surface area contributed by atoms with Crippen LogP contribution in [0.25, 0.3) is 0 Å². The number of nitrogens with one attached hydrogen (secondary N) is 1. The molecule has 0 saturated carbocycles. The van der Waals surface area contributed by atoms with Crippen molar-refractivity contribution in [2.45, 2.75) is 44.1 Å². The van der Waals surface area contributed by atoms with Gasteiger partial charge in [0.1, 0.15) is 6.10 Å². The lowest BCUT2D eigenvalue weighted by Gasteiger charge is -2.39. The molecule has 1 fully saturated rings. The Hall–Kier alpha value is -0.840. The van der Waals surface area contributed by atoms with Crippen LogP contribution in [-0.4, -0.2) is 24.5 Å². The zero-order chi connectivity index (χ0) is 14.6. The van der Waals surface area contributed by atoms with Crippen molar-refractivity contribution < 1.29 is 9.47 Å².